The molecule has 0 unspecified atom stereocenters. The molecule has 7 nitrogen and oxygen atoms in total. The molecule has 4 rings (SSSR count). The highest BCUT2D eigenvalue weighted by Crippen LogP contribution is 2.29. The molecule has 0 atom stereocenters. The topological polar surface area (TPSA) is 71.3 Å². The second-order valence-electron chi connectivity index (χ2n) is 7.50. The number of piperidine rings is 1. The fourth-order valence-corrected chi connectivity index (χ4v) is 4.64. The third-order valence-electron chi connectivity index (χ3n) is 5.69. The molecule has 2 aromatic heterocycles. The SMILES string of the molecule is CN(C1CCN(c2cc(-c3nc4ccccc4n3C)c(F)cn2)CC1)S(C)(=O)=O. The van der Waals surface area contributed by atoms with Crippen molar-refractivity contribution in [3.63, 3.8) is 0 Å². The molecule has 0 aliphatic carbocycles. The standard InChI is InChI=1S/C20H24FN5O2S/c1-24-18-7-5-4-6-17(18)23-20(24)15-12-19(22-13-16(15)21)26-10-8-14(9-11-26)25(2)29(3,27)28/h4-7,12-14H,8-11H2,1-3H3. The van der Waals surface area contributed by atoms with E-state index in [-0.39, 0.29) is 6.04 Å². The molecule has 0 radical (unpaired) electrons. The summed E-state index contributed by atoms with van der Waals surface area (Å²) in [6.45, 7) is 1.32. The van der Waals surface area contributed by atoms with E-state index in [1.807, 2.05) is 35.9 Å². The molecule has 1 aliphatic heterocycles. The van der Waals surface area contributed by atoms with Gasteiger partial charge < -0.3 is 9.47 Å². The van der Waals surface area contributed by atoms with E-state index in [9.17, 15) is 12.8 Å². The molecule has 1 fully saturated rings. The summed E-state index contributed by atoms with van der Waals surface area (Å²) in [5.74, 6) is 0.812. The second-order valence-corrected chi connectivity index (χ2v) is 9.54. The third kappa shape index (κ3) is 3.72. The Balaban J connectivity index is 1.60. The van der Waals surface area contributed by atoms with E-state index in [1.54, 1.807) is 13.1 Å². The van der Waals surface area contributed by atoms with Crippen molar-refractivity contribution in [2.45, 2.75) is 18.9 Å². The molecule has 0 spiro atoms. The van der Waals surface area contributed by atoms with Crippen LogP contribution in [-0.2, 0) is 17.1 Å². The Morgan fingerprint density at radius 3 is 2.55 bits per heavy atom. The molecular formula is C20H24FN5O2S. The molecular weight excluding hydrogens is 393 g/mol. The number of imidazole rings is 1. The van der Waals surface area contributed by atoms with Crippen molar-refractivity contribution in [3.8, 4) is 11.4 Å². The lowest BCUT2D eigenvalue weighted by molar-refractivity contribution is 0.313. The van der Waals surface area contributed by atoms with E-state index >= 15 is 0 Å². The number of nitrogens with zero attached hydrogens (tertiary/aromatic N) is 5. The molecule has 1 aliphatic rings. The number of rotatable bonds is 4. The van der Waals surface area contributed by atoms with Crippen LogP contribution in [0.2, 0.25) is 0 Å². The Bertz CT molecular complexity index is 1150. The van der Waals surface area contributed by atoms with E-state index in [0.717, 1.165) is 11.0 Å². The van der Waals surface area contributed by atoms with Crippen molar-refractivity contribution < 1.29 is 12.8 Å². The van der Waals surface area contributed by atoms with Crippen LogP contribution < -0.4 is 4.90 Å². The number of anilines is 1. The molecule has 3 heterocycles. The van der Waals surface area contributed by atoms with Gasteiger partial charge in [0.25, 0.3) is 0 Å². The lowest BCUT2D eigenvalue weighted by Gasteiger charge is -2.36. The smallest absolute Gasteiger partial charge is 0.211 e. The van der Waals surface area contributed by atoms with Crippen molar-refractivity contribution >= 4 is 26.9 Å². The van der Waals surface area contributed by atoms with Crippen LogP contribution in [-0.4, -0.2) is 59.7 Å². The highest BCUT2D eigenvalue weighted by atomic mass is 32.2. The van der Waals surface area contributed by atoms with Crippen LogP contribution in [0.4, 0.5) is 10.2 Å². The molecule has 154 valence electrons. The molecule has 1 aromatic carbocycles. The Morgan fingerprint density at radius 1 is 1.21 bits per heavy atom. The number of sulfonamides is 1. The summed E-state index contributed by atoms with van der Waals surface area (Å²) >= 11 is 0. The zero-order valence-electron chi connectivity index (χ0n) is 16.7. The van der Waals surface area contributed by atoms with Gasteiger partial charge in [0, 0.05) is 33.2 Å². The summed E-state index contributed by atoms with van der Waals surface area (Å²) in [6.07, 6.45) is 3.86. The molecule has 3 aromatic rings. The Kier molecular flexibility index (Phi) is 5.04. The van der Waals surface area contributed by atoms with Crippen molar-refractivity contribution in [1.29, 1.82) is 0 Å². The number of para-hydroxylation sites is 2. The second kappa shape index (κ2) is 7.38. The van der Waals surface area contributed by atoms with Crippen LogP contribution in [0, 0.1) is 5.82 Å². The van der Waals surface area contributed by atoms with E-state index in [4.69, 9.17) is 0 Å². The fourth-order valence-electron chi connectivity index (χ4n) is 3.89. The lowest BCUT2D eigenvalue weighted by Crippen LogP contribution is -2.45. The Morgan fingerprint density at radius 2 is 1.90 bits per heavy atom. The van der Waals surface area contributed by atoms with Gasteiger partial charge in [0.1, 0.15) is 11.6 Å². The van der Waals surface area contributed by atoms with Crippen LogP contribution >= 0.6 is 0 Å². The number of aromatic nitrogens is 3. The molecule has 0 saturated carbocycles. The molecule has 0 N–H and O–H groups in total. The van der Waals surface area contributed by atoms with Crippen molar-refractivity contribution in [1.82, 2.24) is 18.8 Å². The maximum atomic E-state index is 14.6. The zero-order chi connectivity index (χ0) is 20.8. The minimum atomic E-state index is -3.21. The minimum absolute atomic E-state index is 0.0268. The third-order valence-corrected chi connectivity index (χ3v) is 7.04. The van der Waals surface area contributed by atoms with Crippen molar-refractivity contribution in [2.75, 3.05) is 31.3 Å². The average Bonchev–Trinajstić information content (AvgIpc) is 3.04. The summed E-state index contributed by atoms with van der Waals surface area (Å²) in [5, 5.41) is 0. The molecule has 0 bridgehead atoms. The fraction of sp³-hybridized carbons (Fsp3) is 0.400. The first-order valence-corrected chi connectivity index (χ1v) is 11.4. The molecule has 1 saturated heterocycles. The van der Waals surface area contributed by atoms with Gasteiger partial charge in [0.2, 0.25) is 10.0 Å². The number of hydrogen-bond acceptors (Lipinski definition) is 5. The van der Waals surface area contributed by atoms with E-state index < -0.39 is 15.8 Å². The number of halogens is 1. The van der Waals surface area contributed by atoms with Gasteiger partial charge in [-0.2, -0.15) is 0 Å². The quantitative estimate of drug-likeness (QED) is 0.653. The Hall–Kier alpha value is -2.52. The number of benzene rings is 1. The molecule has 0 amide bonds. The number of fused-ring (bicyclic) bond motifs is 1. The van der Waals surface area contributed by atoms with Gasteiger partial charge in [-0.15, -0.1) is 0 Å². The van der Waals surface area contributed by atoms with Crippen LogP contribution in [0.1, 0.15) is 12.8 Å². The van der Waals surface area contributed by atoms with Crippen LogP contribution in [0.3, 0.4) is 0 Å². The number of pyridine rings is 1. The van der Waals surface area contributed by atoms with Crippen LogP contribution in [0.5, 0.6) is 0 Å². The van der Waals surface area contributed by atoms with Crippen LogP contribution in [0.15, 0.2) is 36.5 Å². The number of hydrogen-bond donors (Lipinski definition) is 0. The van der Waals surface area contributed by atoms with Crippen molar-refractivity contribution in [2.24, 2.45) is 7.05 Å². The highest BCUT2D eigenvalue weighted by molar-refractivity contribution is 7.88. The Labute approximate surface area is 169 Å². The lowest BCUT2D eigenvalue weighted by atomic mass is 10.1. The van der Waals surface area contributed by atoms with E-state index in [0.29, 0.717) is 43.1 Å². The van der Waals surface area contributed by atoms with Gasteiger partial charge in [-0.25, -0.2) is 27.1 Å². The van der Waals surface area contributed by atoms with Crippen molar-refractivity contribution in [3.05, 3.63) is 42.3 Å². The predicted octanol–water partition coefficient (Wildman–Crippen LogP) is 2.63. The first-order chi connectivity index (χ1) is 13.8. The minimum Gasteiger partial charge on any atom is -0.356 e. The monoisotopic (exact) mass is 417 g/mol. The van der Waals surface area contributed by atoms with Gasteiger partial charge in [-0.05, 0) is 31.0 Å². The van der Waals surface area contributed by atoms with Gasteiger partial charge in [-0.3, -0.25) is 0 Å². The average molecular weight is 418 g/mol. The van der Waals surface area contributed by atoms with Gasteiger partial charge in [0.05, 0.1) is 29.0 Å². The summed E-state index contributed by atoms with van der Waals surface area (Å²) in [4.78, 5) is 10.9. The normalized spacial score (nSPS) is 16.1. The van der Waals surface area contributed by atoms with Gasteiger partial charge >= 0.3 is 0 Å². The number of aryl methyl sites for hydroxylation is 1. The maximum absolute atomic E-state index is 14.6. The van der Waals surface area contributed by atoms with E-state index in [1.165, 1.54) is 16.8 Å². The summed E-state index contributed by atoms with van der Waals surface area (Å²) in [7, 11) is 0.280. The van der Waals surface area contributed by atoms with Crippen LogP contribution in [0.25, 0.3) is 22.4 Å². The summed E-state index contributed by atoms with van der Waals surface area (Å²) in [6, 6.07) is 9.40. The van der Waals surface area contributed by atoms with Gasteiger partial charge in [0.15, 0.2) is 5.82 Å². The first-order valence-electron chi connectivity index (χ1n) is 9.51. The molecule has 9 heteroatoms. The van der Waals surface area contributed by atoms with Gasteiger partial charge in [-0.1, -0.05) is 12.1 Å². The molecule has 29 heavy (non-hydrogen) atoms. The summed E-state index contributed by atoms with van der Waals surface area (Å²) < 4.78 is 41.5. The predicted molar refractivity (Wildman–Crippen MR) is 112 cm³/mol. The zero-order valence-corrected chi connectivity index (χ0v) is 17.5. The summed E-state index contributed by atoms with van der Waals surface area (Å²) in [5.41, 5.74) is 2.15. The van der Waals surface area contributed by atoms with E-state index in [2.05, 4.69) is 14.9 Å². The largest absolute Gasteiger partial charge is 0.356 e. The maximum Gasteiger partial charge on any atom is 0.211 e. The first kappa shape index (κ1) is 19.8. The highest BCUT2D eigenvalue weighted by Gasteiger charge is 2.28.